The van der Waals surface area contributed by atoms with E-state index >= 15 is 0 Å². The first-order chi connectivity index (χ1) is 8.55. The molecule has 1 aliphatic heterocycles. The van der Waals surface area contributed by atoms with Crippen molar-refractivity contribution in [2.75, 3.05) is 13.3 Å². The molecule has 4 nitrogen and oxygen atoms in total. The molecule has 5 heteroatoms. The Hall–Kier alpha value is -1.46. The number of sulfone groups is 1. The van der Waals surface area contributed by atoms with Gasteiger partial charge in [-0.1, -0.05) is 0 Å². The molecule has 1 aromatic carbocycles. The lowest BCUT2D eigenvalue weighted by Gasteiger charge is -2.25. The van der Waals surface area contributed by atoms with E-state index in [4.69, 9.17) is 0 Å². The minimum Gasteiger partial charge on any atom is -0.233 e. The number of hydrogen-bond donors (Lipinski definition) is 0. The summed E-state index contributed by atoms with van der Waals surface area (Å²) in [5.74, 6) is 0. The Labute approximate surface area is 113 Å². The summed E-state index contributed by atoms with van der Waals surface area (Å²) in [7, 11) is -1.49. The van der Waals surface area contributed by atoms with Crippen molar-refractivity contribution in [1.82, 2.24) is 4.48 Å². The average molecular weight is 280 g/mol. The molecule has 1 unspecified atom stereocenters. The Morgan fingerprint density at radius 2 is 1.89 bits per heavy atom. The standard InChI is InChI=1S/C14H18NO3S/c1-10-14(2,3)12-8-11(19(5,17)18)6-7-13(12)15(10,4)9-16/h6-9H,1H2,2-5H3/q+1. The van der Waals surface area contributed by atoms with Crippen LogP contribution in [0.2, 0.25) is 0 Å². The maximum Gasteiger partial charge on any atom is 0.311 e. The molecule has 19 heavy (non-hydrogen) atoms. The Morgan fingerprint density at radius 1 is 1.32 bits per heavy atom. The molecule has 0 spiro atoms. The number of carbonyl (C=O) groups is 1. The van der Waals surface area contributed by atoms with Crippen LogP contribution in [0.4, 0.5) is 5.69 Å². The molecule has 0 aromatic heterocycles. The van der Waals surface area contributed by atoms with Crippen molar-refractivity contribution in [3.05, 3.63) is 36.0 Å². The van der Waals surface area contributed by atoms with E-state index in [0.29, 0.717) is 0 Å². The molecule has 0 saturated heterocycles. The second-order valence-corrected chi connectivity index (χ2v) is 7.72. The zero-order valence-electron chi connectivity index (χ0n) is 11.6. The molecular formula is C14H18NO3S+. The van der Waals surface area contributed by atoms with Crippen LogP contribution < -0.4 is 4.48 Å². The van der Waals surface area contributed by atoms with Crippen LogP contribution in [0.25, 0.3) is 0 Å². The van der Waals surface area contributed by atoms with Gasteiger partial charge in [0.25, 0.3) is 0 Å². The maximum atomic E-state index is 11.7. The molecule has 0 saturated carbocycles. The molecule has 1 heterocycles. The van der Waals surface area contributed by atoms with E-state index in [0.717, 1.165) is 23.4 Å². The van der Waals surface area contributed by atoms with Crippen LogP contribution in [0.3, 0.4) is 0 Å². The first kappa shape index (κ1) is 14.0. The lowest BCUT2D eigenvalue weighted by Crippen LogP contribution is -2.42. The molecule has 0 radical (unpaired) electrons. The maximum absolute atomic E-state index is 11.7. The predicted molar refractivity (Wildman–Crippen MR) is 75.5 cm³/mol. The number of carbonyl (C=O) groups excluding carboxylic acids is 1. The van der Waals surface area contributed by atoms with Crippen molar-refractivity contribution in [3.63, 3.8) is 0 Å². The average Bonchev–Trinajstić information content (AvgIpc) is 2.48. The summed E-state index contributed by atoms with van der Waals surface area (Å²) < 4.78 is 23.3. The molecule has 0 fully saturated rings. The van der Waals surface area contributed by atoms with Crippen LogP contribution in [0.15, 0.2) is 35.4 Å². The molecule has 102 valence electrons. The monoisotopic (exact) mass is 280 g/mol. The molecule has 0 N–H and O–H groups in total. The van der Waals surface area contributed by atoms with Gasteiger partial charge in [0.05, 0.1) is 17.4 Å². The molecule has 2 rings (SSSR count). The summed E-state index contributed by atoms with van der Waals surface area (Å²) in [4.78, 5) is 11.7. The highest BCUT2D eigenvalue weighted by Gasteiger charge is 2.51. The minimum absolute atomic E-state index is 0.00756. The highest BCUT2D eigenvalue weighted by Crippen LogP contribution is 2.50. The topological polar surface area (TPSA) is 51.2 Å². The van der Waals surface area contributed by atoms with Crippen LogP contribution in [0, 0.1) is 0 Å². The molecule has 1 aliphatic rings. The van der Waals surface area contributed by atoms with E-state index in [1.54, 1.807) is 25.2 Å². The fourth-order valence-electron chi connectivity index (χ4n) is 2.65. The zero-order valence-corrected chi connectivity index (χ0v) is 12.4. The quantitative estimate of drug-likeness (QED) is 0.615. The Morgan fingerprint density at radius 3 is 2.37 bits per heavy atom. The number of nitrogens with zero attached hydrogens (tertiary/aromatic N) is 1. The molecular weight excluding hydrogens is 262 g/mol. The largest absolute Gasteiger partial charge is 0.311 e. The van der Waals surface area contributed by atoms with Crippen molar-refractivity contribution in [2.24, 2.45) is 0 Å². The fraction of sp³-hybridized carbons (Fsp3) is 0.357. The van der Waals surface area contributed by atoms with E-state index in [1.165, 1.54) is 6.26 Å². The third-order valence-electron chi connectivity index (χ3n) is 4.06. The summed E-state index contributed by atoms with van der Waals surface area (Å²) in [5, 5.41) is 0. The van der Waals surface area contributed by atoms with Crippen molar-refractivity contribution >= 4 is 21.9 Å². The lowest BCUT2D eigenvalue weighted by molar-refractivity contribution is -0.115. The predicted octanol–water partition coefficient (Wildman–Crippen LogP) is 1.99. The van der Waals surface area contributed by atoms with E-state index in [9.17, 15) is 13.2 Å². The van der Waals surface area contributed by atoms with Gasteiger partial charge in [0.1, 0.15) is 11.4 Å². The van der Waals surface area contributed by atoms with Crippen LogP contribution in [0.1, 0.15) is 19.4 Å². The zero-order chi connectivity index (χ0) is 14.6. The minimum atomic E-state index is -3.26. The van der Waals surface area contributed by atoms with Crippen molar-refractivity contribution in [3.8, 4) is 0 Å². The summed E-state index contributed by atoms with van der Waals surface area (Å²) in [6, 6.07) is 4.91. The van der Waals surface area contributed by atoms with Crippen LogP contribution in [-0.4, -0.2) is 28.1 Å². The number of likely N-dealkylation sites (N-methyl/N-ethyl adjacent to an activating group) is 1. The van der Waals surface area contributed by atoms with Crippen molar-refractivity contribution < 1.29 is 13.2 Å². The highest BCUT2D eigenvalue weighted by molar-refractivity contribution is 7.90. The Kier molecular flexibility index (Phi) is 2.77. The molecule has 0 bridgehead atoms. The van der Waals surface area contributed by atoms with Gasteiger partial charge in [-0.3, -0.25) is 0 Å². The lowest BCUT2D eigenvalue weighted by atomic mass is 9.84. The summed E-state index contributed by atoms with van der Waals surface area (Å²) in [6.45, 7) is 7.93. The van der Waals surface area contributed by atoms with Crippen molar-refractivity contribution in [1.29, 1.82) is 0 Å². The Balaban J connectivity index is 2.81. The van der Waals surface area contributed by atoms with Gasteiger partial charge in [-0.05, 0) is 32.6 Å². The van der Waals surface area contributed by atoms with Gasteiger partial charge in [0.2, 0.25) is 0 Å². The first-order valence-electron chi connectivity index (χ1n) is 5.93. The molecule has 0 aliphatic carbocycles. The number of hydrogen-bond acceptors (Lipinski definition) is 3. The summed E-state index contributed by atoms with van der Waals surface area (Å²) in [6.07, 6.45) is 2.01. The third-order valence-corrected chi connectivity index (χ3v) is 5.17. The summed E-state index contributed by atoms with van der Waals surface area (Å²) in [5.41, 5.74) is 1.93. The molecule has 1 atom stereocenters. The fourth-order valence-corrected chi connectivity index (χ4v) is 3.30. The number of amides is 1. The van der Waals surface area contributed by atoms with Crippen molar-refractivity contribution in [2.45, 2.75) is 24.2 Å². The number of benzene rings is 1. The molecule has 1 amide bonds. The van der Waals surface area contributed by atoms with E-state index in [1.807, 2.05) is 13.8 Å². The number of allylic oxidation sites excluding steroid dienone is 1. The number of rotatable bonds is 2. The normalized spacial score (nSPS) is 25.2. The SMILES string of the molecule is C=C1C(C)(C)c2cc(S(C)(=O)=O)ccc2[N+]1(C)C=O. The van der Waals surface area contributed by atoms with Gasteiger partial charge in [0.15, 0.2) is 9.84 Å². The smallest absolute Gasteiger partial charge is 0.233 e. The van der Waals surface area contributed by atoms with Gasteiger partial charge in [-0.15, -0.1) is 0 Å². The second kappa shape index (κ2) is 3.77. The molecule has 1 aromatic rings. The number of quaternary nitrogens is 1. The highest BCUT2D eigenvalue weighted by atomic mass is 32.2. The van der Waals surface area contributed by atoms with Crippen LogP contribution >= 0.6 is 0 Å². The second-order valence-electron chi connectivity index (χ2n) is 5.70. The summed E-state index contributed by atoms with van der Waals surface area (Å²) >= 11 is 0. The van der Waals surface area contributed by atoms with Gasteiger partial charge in [-0.25, -0.2) is 17.7 Å². The van der Waals surface area contributed by atoms with Crippen LogP contribution in [0.5, 0.6) is 0 Å². The van der Waals surface area contributed by atoms with E-state index < -0.39 is 15.3 Å². The third kappa shape index (κ3) is 1.76. The van der Waals surface area contributed by atoms with Gasteiger partial charge < -0.3 is 0 Å². The number of fused-ring (bicyclic) bond motifs is 1. The first-order valence-corrected chi connectivity index (χ1v) is 7.82. The Bertz CT molecular complexity index is 689. The van der Waals surface area contributed by atoms with E-state index in [-0.39, 0.29) is 9.38 Å². The van der Waals surface area contributed by atoms with E-state index in [2.05, 4.69) is 6.58 Å². The van der Waals surface area contributed by atoms with Gasteiger partial charge >= 0.3 is 6.41 Å². The van der Waals surface area contributed by atoms with Gasteiger partial charge in [0, 0.05) is 17.9 Å². The van der Waals surface area contributed by atoms with Gasteiger partial charge in [-0.2, -0.15) is 0 Å². The van der Waals surface area contributed by atoms with Crippen LogP contribution in [-0.2, 0) is 20.0 Å².